The molecule has 10 heteroatoms. The van der Waals surface area contributed by atoms with Crippen molar-refractivity contribution in [2.75, 3.05) is 0 Å². The smallest absolute Gasteiger partial charge is 0.326 e. The molecule has 2 aliphatic rings. The van der Waals surface area contributed by atoms with Crippen molar-refractivity contribution in [1.29, 1.82) is 0 Å². The van der Waals surface area contributed by atoms with Gasteiger partial charge in [-0.25, -0.2) is 4.79 Å². The van der Waals surface area contributed by atoms with Gasteiger partial charge in [-0.1, -0.05) is 0 Å². The number of amides is 1. The van der Waals surface area contributed by atoms with Gasteiger partial charge in [0.15, 0.2) is 0 Å². The van der Waals surface area contributed by atoms with Crippen molar-refractivity contribution in [3.63, 3.8) is 0 Å². The number of ether oxygens (including phenoxy) is 1. The second-order valence-corrected chi connectivity index (χ2v) is 6.93. The van der Waals surface area contributed by atoms with E-state index in [2.05, 4.69) is 0 Å². The Hall–Kier alpha value is -3.30. The van der Waals surface area contributed by atoms with Crippen LogP contribution in [0.1, 0.15) is 41.3 Å². The molecule has 28 heavy (non-hydrogen) atoms. The number of aliphatic carboxylic acids is 3. The summed E-state index contributed by atoms with van der Waals surface area (Å²) in [6.07, 6.45) is -1.22. The van der Waals surface area contributed by atoms with E-state index in [-0.39, 0.29) is 42.0 Å². The lowest BCUT2D eigenvalue weighted by Crippen LogP contribution is -2.41. The summed E-state index contributed by atoms with van der Waals surface area (Å²) in [5.41, 5.74) is 0.683. The molecular formula is C18H19NO9. The standard InChI is InChI=1S/C18H19NO9/c1-7(17(24)25)12-5-9-13(28-12)4-8-10(15(9)22)6-19(16(8)23)11(18(26)27)2-3-14(20)21/h4,7,11-12,22H,2-3,5-6H2,1H3,(H,20,21)(H,24,25)(H,26,27)/t7-,11?,12+/m1/s1. The maximum Gasteiger partial charge on any atom is 0.326 e. The van der Waals surface area contributed by atoms with Crippen molar-refractivity contribution < 1.29 is 44.3 Å². The lowest BCUT2D eigenvalue weighted by atomic mass is 9.97. The third-order valence-corrected chi connectivity index (χ3v) is 5.21. The Kier molecular flexibility index (Phi) is 4.88. The number of rotatable bonds is 7. The molecule has 0 saturated heterocycles. The van der Waals surface area contributed by atoms with E-state index in [1.165, 1.54) is 13.0 Å². The number of carbonyl (C=O) groups is 4. The molecule has 0 aliphatic carbocycles. The zero-order valence-corrected chi connectivity index (χ0v) is 14.9. The molecule has 1 aromatic rings. The number of carboxylic acid groups (broad SMARTS) is 3. The van der Waals surface area contributed by atoms with Crippen molar-refractivity contribution in [2.24, 2.45) is 5.92 Å². The van der Waals surface area contributed by atoms with Crippen LogP contribution in [0.4, 0.5) is 0 Å². The maximum atomic E-state index is 12.7. The van der Waals surface area contributed by atoms with Crippen LogP contribution in [0.3, 0.4) is 0 Å². The largest absolute Gasteiger partial charge is 0.507 e. The lowest BCUT2D eigenvalue weighted by Gasteiger charge is -2.23. The van der Waals surface area contributed by atoms with Crippen LogP contribution in [-0.2, 0) is 27.3 Å². The number of carboxylic acids is 3. The lowest BCUT2D eigenvalue weighted by molar-refractivity contribution is -0.145. The van der Waals surface area contributed by atoms with Crippen molar-refractivity contribution >= 4 is 23.8 Å². The Morgan fingerprint density at radius 2 is 1.89 bits per heavy atom. The first-order valence-electron chi connectivity index (χ1n) is 8.64. The van der Waals surface area contributed by atoms with E-state index in [0.717, 1.165) is 4.90 Å². The number of nitrogens with zero attached hydrogens (tertiary/aromatic N) is 1. The third kappa shape index (κ3) is 3.21. The van der Waals surface area contributed by atoms with Gasteiger partial charge in [0.2, 0.25) is 0 Å². The highest BCUT2D eigenvalue weighted by Gasteiger charge is 2.42. The summed E-state index contributed by atoms with van der Waals surface area (Å²) in [7, 11) is 0. The number of phenols is 1. The molecule has 3 rings (SSSR count). The van der Waals surface area contributed by atoms with Gasteiger partial charge in [-0.05, 0) is 19.4 Å². The first kappa shape index (κ1) is 19.5. The van der Waals surface area contributed by atoms with E-state index in [1.54, 1.807) is 0 Å². The van der Waals surface area contributed by atoms with Crippen LogP contribution in [0.25, 0.3) is 0 Å². The normalized spacial score (nSPS) is 19.5. The van der Waals surface area contributed by atoms with Gasteiger partial charge in [-0.15, -0.1) is 0 Å². The van der Waals surface area contributed by atoms with Gasteiger partial charge in [0.05, 0.1) is 18.0 Å². The quantitative estimate of drug-likeness (QED) is 0.522. The van der Waals surface area contributed by atoms with E-state index >= 15 is 0 Å². The van der Waals surface area contributed by atoms with E-state index < -0.39 is 48.3 Å². The molecule has 150 valence electrons. The highest BCUT2D eigenvalue weighted by atomic mass is 16.5. The second kappa shape index (κ2) is 7.02. The Morgan fingerprint density at radius 1 is 1.21 bits per heavy atom. The van der Waals surface area contributed by atoms with Crippen molar-refractivity contribution in [1.82, 2.24) is 4.90 Å². The fraction of sp³-hybridized carbons (Fsp3) is 0.444. The Morgan fingerprint density at radius 3 is 2.46 bits per heavy atom. The van der Waals surface area contributed by atoms with Gasteiger partial charge in [0.1, 0.15) is 23.6 Å². The number of carbonyl (C=O) groups excluding carboxylic acids is 1. The number of hydrogen-bond donors (Lipinski definition) is 4. The van der Waals surface area contributed by atoms with Crippen molar-refractivity contribution in [3.8, 4) is 11.5 Å². The first-order valence-corrected chi connectivity index (χ1v) is 8.64. The number of hydrogen-bond acceptors (Lipinski definition) is 6. The van der Waals surface area contributed by atoms with Crippen LogP contribution in [0.2, 0.25) is 0 Å². The summed E-state index contributed by atoms with van der Waals surface area (Å²) < 4.78 is 5.60. The summed E-state index contributed by atoms with van der Waals surface area (Å²) >= 11 is 0. The van der Waals surface area contributed by atoms with Crippen LogP contribution in [-0.4, -0.2) is 61.3 Å². The molecule has 0 bridgehead atoms. The Bertz CT molecular complexity index is 878. The zero-order valence-electron chi connectivity index (χ0n) is 14.9. The fourth-order valence-corrected chi connectivity index (χ4v) is 3.55. The first-order chi connectivity index (χ1) is 13.1. The molecule has 1 aromatic carbocycles. The van der Waals surface area contributed by atoms with Crippen LogP contribution < -0.4 is 4.74 Å². The molecule has 0 fully saturated rings. The number of benzene rings is 1. The Balaban J connectivity index is 1.88. The number of fused-ring (bicyclic) bond motifs is 2. The number of phenolic OH excluding ortho intramolecular Hbond substituents is 1. The molecular weight excluding hydrogens is 374 g/mol. The molecule has 10 nitrogen and oxygen atoms in total. The molecule has 0 spiro atoms. The topological polar surface area (TPSA) is 162 Å². The van der Waals surface area contributed by atoms with E-state index in [0.29, 0.717) is 5.56 Å². The van der Waals surface area contributed by atoms with Gasteiger partial charge in [-0.3, -0.25) is 14.4 Å². The van der Waals surface area contributed by atoms with Gasteiger partial charge >= 0.3 is 17.9 Å². The van der Waals surface area contributed by atoms with E-state index in [9.17, 15) is 29.4 Å². The minimum absolute atomic E-state index is 0.0708. The SMILES string of the molecule is C[C@@H](C(=O)O)[C@@H]1Cc2c(cc3c(c2O)CN(C(CCC(=O)O)C(=O)O)C3=O)O1. The van der Waals surface area contributed by atoms with Crippen LogP contribution >= 0.6 is 0 Å². The van der Waals surface area contributed by atoms with E-state index in [4.69, 9.17) is 14.9 Å². The van der Waals surface area contributed by atoms with Gasteiger partial charge in [0.25, 0.3) is 5.91 Å². The molecule has 0 aromatic heterocycles. The molecule has 1 unspecified atom stereocenters. The van der Waals surface area contributed by atoms with Crippen LogP contribution in [0, 0.1) is 5.92 Å². The molecule has 0 radical (unpaired) electrons. The number of aromatic hydroxyl groups is 1. The molecule has 3 atom stereocenters. The predicted molar refractivity (Wildman–Crippen MR) is 91.2 cm³/mol. The second-order valence-electron chi connectivity index (χ2n) is 6.93. The highest BCUT2D eigenvalue weighted by molar-refractivity contribution is 6.02. The Labute approximate surface area is 158 Å². The van der Waals surface area contributed by atoms with Crippen LogP contribution in [0.5, 0.6) is 11.5 Å². The van der Waals surface area contributed by atoms with E-state index in [1.807, 2.05) is 0 Å². The van der Waals surface area contributed by atoms with Gasteiger partial charge in [0, 0.05) is 24.0 Å². The third-order valence-electron chi connectivity index (χ3n) is 5.21. The molecule has 0 saturated carbocycles. The summed E-state index contributed by atoms with van der Waals surface area (Å²) in [5.74, 6) is -5.04. The average Bonchev–Trinajstić information content (AvgIpc) is 3.17. The fourth-order valence-electron chi connectivity index (χ4n) is 3.55. The minimum atomic E-state index is -1.34. The van der Waals surface area contributed by atoms with Crippen molar-refractivity contribution in [3.05, 3.63) is 22.8 Å². The predicted octanol–water partition coefficient (Wildman–Crippen LogP) is 0.690. The zero-order chi connectivity index (χ0) is 20.7. The summed E-state index contributed by atoms with van der Waals surface area (Å²) in [5, 5.41) is 37.9. The summed E-state index contributed by atoms with van der Waals surface area (Å²) in [4.78, 5) is 47.2. The molecule has 2 heterocycles. The summed E-state index contributed by atoms with van der Waals surface area (Å²) in [6.45, 7) is 1.30. The van der Waals surface area contributed by atoms with Crippen molar-refractivity contribution in [2.45, 2.75) is 44.9 Å². The van der Waals surface area contributed by atoms with Gasteiger partial charge < -0.3 is 30.1 Å². The highest BCUT2D eigenvalue weighted by Crippen LogP contribution is 2.44. The monoisotopic (exact) mass is 393 g/mol. The van der Waals surface area contributed by atoms with Gasteiger partial charge in [-0.2, -0.15) is 0 Å². The average molecular weight is 393 g/mol. The molecule has 2 aliphatic heterocycles. The molecule has 4 N–H and O–H groups in total. The maximum absolute atomic E-state index is 12.7. The summed E-state index contributed by atoms with van der Waals surface area (Å²) in [6, 6.07) is 0.0446. The van der Waals surface area contributed by atoms with Crippen LogP contribution in [0.15, 0.2) is 6.07 Å². The molecule has 1 amide bonds. The minimum Gasteiger partial charge on any atom is -0.507 e.